The number of halogens is 2. The highest BCUT2D eigenvalue weighted by Crippen LogP contribution is 2.27. The number of carbonyl (C=O) groups is 1. The predicted octanol–water partition coefficient (Wildman–Crippen LogP) is 3.60. The van der Waals surface area contributed by atoms with E-state index in [1.165, 1.54) is 18.2 Å². The highest BCUT2D eigenvalue weighted by molar-refractivity contribution is 6.05. The summed E-state index contributed by atoms with van der Waals surface area (Å²) in [6.45, 7) is 2.05. The molecule has 26 heavy (non-hydrogen) atoms. The molecule has 0 aliphatic carbocycles. The molecule has 1 amide bonds. The summed E-state index contributed by atoms with van der Waals surface area (Å²) in [5, 5.41) is 6.75. The highest BCUT2D eigenvalue weighted by Gasteiger charge is 2.42. The molecule has 2 aromatic carbocycles. The van der Waals surface area contributed by atoms with Crippen molar-refractivity contribution in [1.29, 1.82) is 0 Å². The van der Waals surface area contributed by atoms with Gasteiger partial charge in [0.15, 0.2) is 0 Å². The van der Waals surface area contributed by atoms with Gasteiger partial charge in [-0.1, -0.05) is 35.5 Å². The lowest BCUT2D eigenvalue weighted by Crippen LogP contribution is -2.45. The van der Waals surface area contributed by atoms with E-state index < -0.39 is 5.60 Å². The van der Waals surface area contributed by atoms with E-state index >= 15 is 0 Å². The first-order valence-corrected chi connectivity index (χ1v) is 8.51. The van der Waals surface area contributed by atoms with Crippen LogP contribution in [0.4, 0.5) is 8.78 Å². The van der Waals surface area contributed by atoms with Crippen LogP contribution in [0, 0.1) is 11.6 Å². The molecule has 1 N–H and O–H groups in total. The number of hydrogen-bond donors (Lipinski definition) is 1. The van der Waals surface area contributed by atoms with Crippen LogP contribution in [0.3, 0.4) is 0 Å². The van der Waals surface area contributed by atoms with Crippen LogP contribution in [0.15, 0.2) is 53.7 Å². The van der Waals surface area contributed by atoms with E-state index in [0.29, 0.717) is 36.2 Å². The third-order valence-electron chi connectivity index (χ3n) is 4.37. The molecule has 4 nitrogen and oxygen atoms in total. The van der Waals surface area contributed by atoms with Gasteiger partial charge in [-0.3, -0.25) is 4.79 Å². The molecule has 1 aliphatic heterocycles. The topological polar surface area (TPSA) is 50.7 Å². The largest absolute Gasteiger partial charge is 0.379 e. The second kappa shape index (κ2) is 7.64. The van der Waals surface area contributed by atoms with Gasteiger partial charge in [-0.15, -0.1) is 0 Å². The molecule has 0 aromatic heterocycles. The van der Waals surface area contributed by atoms with Crippen LogP contribution in [0.2, 0.25) is 0 Å². The molecular formula is C20H20F2N2O2. The van der Waals surface area contributed by atoms with Crippen LogP contribution < -0.4 is 5.32 Å². The summed E-state index contributed by atoms with van der Waals surface area (Å²) in [4.78, 5) is 17.8. The van der Waals surface area contributed by atoms with Crippen molar-refractivity contribution in [3.05, 3.63) is 71.3 Å². The van der Waals surface area contributed by atoms with Crippen molar-refractivity contribution in [1.82, 2.24) is 5.32 Å². The van der Waals surface area contributed by atoms with Crippen molar-refractivity contribution < 1.29 is 18.4 Å². The van der Waals surface area contributed by atoms with Gasteiger partial charge in [0.05, 0.1) is 5.71 Å². The molecule has 0 spiro atoms. The Morgan fingerprint density at radius 3 is 2.81 bits per heavy atom. The lowest BCUT2D eigenvalue weighted by molar-refractivity contribution is -0.141. The zero-order valence-electron chi connectivity index (χ0n) is 14.5. The summed E-state index contributed by atoms with van der Waals surface area (Å²) in [7, 11) is 0. The first kappa shape index (κ1) is 18.0. The number of nitrogens with one attached hydrogen (secondary N) is 1. The quantitative estimate of drug-likeness (QED) is 0.802. The molecular weight excluding hydrogens is 338 g/mol. The first-order valence-electron chi connectivity index (χ1n) is 8.51. The minimum Gasteiger partial charge on any atom is -0.379 e. The maximum Gasteiger partial charge on any atom is 0.267 e. The molecule has 1 aliphatic rings. The predicted molar refractivity (Wildman–Crippen MR) is 94.8 cm³/mol. The second-order valence-corrected chi connectivity index (χ2v) is 6.50. The normalized spacial score (nSPS) is 19.0. The molecule has 6 heteroatoms. The summed E-state index contributed by atoms with van der Waals surface area (Å²) in [6.07, 6.45) is 1.41. The van der Waals surface area contributed by atoms with E-state index in [-0.39, 0.29) is 24.0 Å². The summed E-state index contributed by atoms with van der Waals surface area (Å²) in [6, 6.07) is 12.6. The Bertz CT molecular complexity index is 838. The van der Waals surface area contributed by atoms with E-state index in [1.54, 1.807) is 37.3 Å². The van der Waals surface area contributed by atoms with Crippen LogP contribution >= 0.6 is 0 Å². The van der Waals surface area contributed by atoms with Crippen molar-refractivity contribution in [3.63, 3.8) is 0 Å². The highest BCUT2D eigenvalue weighted by atomic mass is 19.1. The van der Waals surface area contributed by atoms with Crippen molar-refractivity contribution in [2.45, 2.75) is 31.8 Å². The Balaban J connectivity index is 1.50. The summed E-state index contributed by atoms with van der Waals surface area (Å²) < 4.78 is 26.9. The van der Waals surface area contributed by atoms with E-state index in [4.69, 9.17) is 4.84 Å². The Hall–Kier alpha value is -2.76. The fourth-order valence-electron chi connectivity index (χ4n) is 2.85. The molecule has 0 fully saturated rings. The summed E-state index contributed by atoms with van der Waals surface area (Å²) >= 11 is 0. The lowest BCUT2D eigenvalue weighted by atomic mass is 9.95. The SMILES string of the molecule is C[C@@]1(C(=O)NCCCc2ccccc2F)CC(c2cccc(F)c2)=NO1. The Kier molecular flexibility index (Phi) is 5.30. The molecule has 0 radical (unpaired) electrons. The van der Waals surface area contributed by atoms with Gasteiger partial charge < -0.3 is 10.2 Å². The van der Waals surface area contributed by atoms with Gasteiger partial charge >= 0.3 is 0 Å². The summed E-state index contributed by atoms with van der Waals surface area (Å²) in [5.74, 6) is -0.893. The summed E-state index contributed by atoms with van der Waals surface area (Å²) in [5.41, 5.74) is 0.635. The van der Waals surface area contributed by atoms with Gasteiger partial charge in [0.2, 0.25) is 5.60 Å². The molecule has 1 atom stereocenters. The van der Waals surface area contributed by atoms with Crippen LogP contribution in [0.1, 0.15) is 30.9 Å². The third-order valence-corrected chi connectivity index (χ3v) is 4.37. The van der Waals surface area contributed by atoms with Gasteiger partial charge in [-0.2, -0.15) is 0 Å². The van der Waals surface area contributed by atoms with Gasteiger partial charge in [0, 0.05) is 18.5 Å². The van der Waals surface area contributed by atoms with Crippen molar-refractivity contribution in [2.75, 3.05) is 6.54 Å². The zero-order chi connectivity index (χ0) is 18.6. The number of aryl methyl sites for hydroxylation is 1. The minimum absolute atomic E-state index is 0.238. The Morgan fingerprint density at radius 1 is 1.23 bits per heavy atom. The molecule has 0 bridgehead atoms. The van der Waals surface area contributed by atoms with E-state index in [0.717, 1.165) is 0 Å². The van der Waals surface area contributed by atoms with Crippen molar-refractivity contribution in [3.8, 4) is 0 Å². The third kappa shape index (κ3) is 4.07. The number of oxime groups is 1. The molecule has 0 saturated heterocycles. The molecule has 0 unspecified atom stereocenters. The van der Waals surface area contributed by atoms with Gasteiger partial charge in [0.1, 0.15) is 11.6 Å². The van der Waals surface area contributed by atoms with E-state index in [1.807, 2.05) is 0 Å². The number of nitrogens with zero attached hydrogens (tertiary/aromatic N) is 1. The first-order chi connectivity index (χ1) is 12.5. The minimum atomic E-state index is -1.13. The van der Waals surface area contributed by atoms with Gasteiger partial charge in [-0.05, 0) is 43.5 Å². The van der Waals surface area contributed by atoms with Crippen LogP contribution in [0.25, 0.3) is 0 Å². The molecule has 136 valence electrons. The van der Waals surface area contributed by atoms with Crippen LogP contribution in [-0.2, 0) is 16.1 Å². The van der Waals surface area contributed by atoms with Gasteiger partial charge in [-0.25, -0.2) is 8.78 Å². The van der Waals surface area contributed by atoms with Crippen molar-refractivity contribution >= 4 is 11.6 Å². The average molecular weight is 358 g/mol. The maximum atomic E-state index is 13.6. The fourth-order valence-corrected chi connectivity index (χ4v) is 2.85. The second-order valence-electron chi connectivity index (χ2n) is 6.50. The average Bonchev–Trinajstić information content (AvgIpc) is 3.04. The molecule has 3 rings (SSSR count). The Labute approximate surface area is 150 Å². The maximum absolute atomic E-state index is 13.6. The zero-order valence-corrected chi connectivity index (χ0v) is 14.5. The number of hydrogen-bond acceptors (Lipinski definition) is 3. The Morgan fingerprint density at radius 2 is 2.04 bits per heavy atom. The van der Waals surface area contributed by atoms with E-state index in [2.05, 4.69) is 10.5 Å². The number of carbonyl (C=O) groups excluding carboxylic acids is 1. The molecule has 2 aromatic rings. The number of amides is 1. The van der Waals surface area contributed by atoms with Crippen molar-refractivity contribution in [2.24, 2.45) is 5.16 Å². The number of rotatable bonds is 6. The number of benzene rings is 2. The lowest BCUT2D eigenvalue weighted by Gasteiger charge is -2.20. The smallest absolute Gasteiger partial charge is 0.267 e. The van der Waals surface area contributed by atoms with Crippen LogP contribution in [0.5, 0.6) is 0 Å². The fraction of sp³-hybridized carbons (Fsp3) is 0.300. The van der Waals surface area contributed by atoms with E-state index in [9.17, 15) is 13.6 Å². The molecule has 0 saturated carbocycles. The monoisotopic (exact) mass is 358 g/mol. The molecule has 1 heterocycles. The van der Waals surface area contributed by atoms with Crippen LogP contribution in [-0.4, -0.2) is 23.8 Å². The standard InChI is InChI=1S/C20H20F2N2O2/c1-20(13-18(24-26-20)15-7-4-9-16(21)12-15)19(25)23-11-5-8-14-6-2-3-10-17(14)22/h2-4,6-7,9-10,12H,5,8,11,13H2,1H3,(H,23,25)/t20-/m0/s1. The van der Waals surface area contributed by atoms with Gasteiger partial charge in [0.25, 0.3) is 5.91 Å².